The van der Waals surface area contributed by atoms with E-state index in [4.69, 9.17) is 17.3 Å². The molecule has 0 radical (unpaired) electrons. The molecule has 0 aromatic heterocycles. The molecule has 2 N–H and O–H groups in total. The third-order valence-electron chi connectivity index (χ3n) is 2.36. The second-order valence-corrected chi connectivity index (χ2v) is 4.10. The molecule has 0 heterocycles. The topological polar surface area (TPSA) is 26.0 Å². The highest BCUT2D eigenvalue weighted by Crippen LogP contribution is 2.35. The zero-order valence-electron chi connectivity index (χ0n) is 6.89. The Kier molecular flexibility index (Phi) is 1.85. The standard InChI is InChI=1S/C10H12ClN/c11-9-3-1-8(2-4-9)7-10(12)5-6-10/h1-4H,5-7,12H2. The van der Waals surface area contributed by atoms with E-state index in [2.05, 4.69) is 12.1 Å². The molecule has 0 atom stereocenters. The van der Waals surface area contributed by atoms with Crippen LogP contribution in [0.4, 0.5) is 0 Å². The summed E-state index contributed by atoms with van der Waals surface area (Å²) in [5.74, 6) is 0. The van der Waals surface area contributed by atoms with Crippen molar-refractivity contribution in [3.63, 3.8) is 0 Å². The minimum atomic E-state index is 0.105. The first kappa shape index (κ1) is 8.09. The third-order valence-corrected chi connectivity index (χ3v) is 2.61. The summed E-state index contributed by atoms with van der Waals surface area (Å²) in [6.07, 6.45) is 3.31. The average molecular weight is 182 g/mol. The molecule has 0 bridgehead atoms. The molecule has 1 aromatic carbocycles. The van der Waals surface area contributed by atoms with Gasteiger partial charge in [-0.2, -0.15) is 0 Å². The number of halogens is 1. The molecule has 0 spiro atoms. The van der Waals surface area contributed by atoms with Crippen LogP contribution in [0, 0.1) is 0 Å². The average Bonchev–Trinajstić information content (AvgIpc) is 2.74. The molecular weight excluding hydrogens is 170 g/mol. The van der Waals surface area contributed by atoms with Crippen LogP contribution in [-0.2, 0) is 6.42 Å². The Balaban J connectivity index is 2.08. The van der Waals surface area contributed by atoms with Gasteiger partial charge >= 0.3 is 0 Å². The Bertz CT molecular complexity index is 274. The molecule has 1 aromatic rings. The van der Waals surface area contributed by atoms with E-state index in [9.17, 15) is 0 Å². The second kappa shape index (κ2) is 2.75. The summed E-state index contributed by atoms with van der Waals surface area (Å²) < 4.78 is 0. The van der Waals surface area contributed by atoms with Crippen molar-refractivity contribution in [3.05, 3.63) is 34.9 Å². The van der Waals surface area contributed by atoms with Crippen molar-refractivity contribution in [1.29, 1.82) is 0 Å². The van der Waals surface area contributed by atoms with E-state index in [-0.39, 0.29) is 5.54 Å². The highest BCUT2D eigenvalue weighted by atomic mass is 35.5. The van der Waals surface area contributed by atoms with Crippen molar-refractivity contribution in [1.82, 2.24) is 0 Å². The van der Waals surface area contributed by atoms with Crippen LogP contribution in [0.3, 0.4) is 0 Å². The maximum absolute atomic E-state index is 5.98. The Morgan fingerprint density at radius 3 is 2.33 bits per heavy atom. The lowest BCUT2D eigenvalue weighted by Gasteiger charge is -2.07. The summed E-state index contributed by atoms with van der Waals surface area (Å²) in [7, 11) is 0. The van der Waals surface area contributed by atoms with E-state index in [1.54, 1.807) is 0 Å². The van der Waals surface area contributed by atoms with Crippen molar-refractivity contribution < 1.29 is 0 Å². The van der Waals surface area contributed by atoms with Crippen LogP contribution in [0.1, 0.15) is 18.4 Å². The Labute approximate surface area is 77.5 Å². The highest BCUT2D eigenvalue weighted by Gasteiger charge is 2.37. The molecule has 0 amide bonds. The fraction of sp³-hybridized carbons (Fsp3) is 0.400. The van der Waals surface area contributed by atoms with Gasteiger partial charge in [0.15, 0.2) is 0 Å². The number of hydrogen-bond donors (Lipinski definition) is 1. The Morgan fingerprint density at radius 2 is 1.83 bits per heavy atom. The van der Waals surface area contributed by atoms with Gasteiger partial charge in [0.1, 0.15) is 0 Å². The minimum absolute atomic E-state index is 0.105. The van der Waals surface area contributed by atoms with Gasteiger partial charge in [-0.25, -0.2) is 0 Å². The quantitative estimate of drug-likeness (QED) is 0.745. The van der Waals surface area contributed by atoms with Gasteiger partial charge in [0, 0.05) is 10.6 Å². The minimum Gasteiger partial charge on any atom is -0.325 e. The van der Waals surface area contributed by atoms with Gasteiger partial charge in [-0.3, -0.25) is 0 Å². The maximum Gasteiger partial charge on any atom is 0.0406 e. The summed E-state index contributed by atoms with van der Waals surface area (Å²) in [5, 5.41) is 0.792. The molecule has 2 heteroatoms. The van der Waals surface area contributed by atoms with Crippen molar-refractivity contribution >= 4 is 11.6 Å². The number of rotatable bonds is 2. The highest BCUT2D eigenvalue weighted by molar-refractivity contribution is 6.30. The molecule has 1 fully saturated rings. The maximum atomic E-state index is 5.98. The van der Waals surface area contributed by atoms with Crippen LogP contribution < -0.4 is 5.73 Å². The largest absolute Gasteiger partial charge is 0.325 e. The van der Waals surface area contributed by atoms with E-state index in [0.29, 0.717) is 0 Å². The summed E-state index contributed by atoms with van der Waals surface area (Å²) >= 11 is 5.77. The number of benzene rings is 1. The van der Waals surface area contributed by atoms with Crippen molar-refractivity contribution in [2.45, 2.75) is 24.8 Å². The van der Waals surface area contributed by atoms with Crippen LogP contribution in [0.15, 0.2) is 24.3 Å². The van der Waals surface area contributed by atoms with Crippen molar-refractivity contribution in [2.75, 3.05) is 0 Å². The summed E-state index contributed by atoms with van der Waals surface area (Å²) in [4.78, 5) is 0. The fourth-order valence-corrected chi connectivity index (χ4v) is 1.47. The summed E-state index contributed by atoms with van der Waals surface area (Å²) in [6.45, 7) is 0. The first-order valence-corrected chi connectivity index (χ1v) is 4.59. The van der Waals surface area contributed by atoms with E-state index in [0.717, 1.165) is 24.3 Å². The van der Waals surface area contributed by atoms with Gasteiger partial charge in [-0.1, -0.05) is 23.7 Å². The smallest absolute Gasteiger partial charge is 0.0406 e. The molecule has 1 aliphatic carbocycles. The molecule has 64 valence electrons. The lowest BCUT2D eigenvalue weighted by Crippen LogP contribution is -2.24. The van der Waals surface area contributed by atoms with E-state index < -0.39 is 0 Å². The number of hydrogen-bond acceptors (Lipinski definition) is 1. The van der Waals surface area contributed by atoms with E-state index in [1.165, 1.54) is 5.56 Å². The molecule has 0 unspecified atom stereocenters. The predicted molar refractivity (Wildman–Crippen MR) is 51.3 cm³/mol. The van der Waals surface area contributed by atoms with E-state index >= 15 is 0 Å². The van der Waals surface area contributed by atoms with Gasteiger partial charge < -0.3 is 5.73 Å². The third kappa shape index (κ3) is 1.79. The molecule has 12 heavy (non-hydrogen) atoms. The second-order valence-electron chi connectivity index (χ2n) is 3.67. The van der Waals surface area contributed by atoms with Crippen LogP contribution in [-0.4, -0.2) is 5.54 Å². The molecular formula is C10H12ClN. The molecule has 2 rings (SSSR count). The first-order valence-electron chi connectivity index (χ1n) is 4.21. The predicted octanol–water partition coefficient (Wildman–Crippen LogP) is 2.37. The van der Waals surface area contributed by atoms with Crippen LogP contribution in [0.25, 0.3) is 0 Å². The summed E-state index contributed by atoms with van der Waals surface area (Å²) in [5.41, 5.74) is 7.38. The van der Waals surface area contributed by atoms with Crippen LogP contribution in [0.2, 0.25) is 5.02 Å². The summed E-state index contributed by atoms with van der Waals surface area (Å²) in [6, 6.07) is 7.94. The SMILES string of the molecule is NC1(Cc2ccc(Cl)cc2)CC1. The first-order chi connectivity index (χ1) is 5.68. The van der Waals surface area contributed by atoms with Gasteiger partial charge in [0.2, 0.25) is 0 Å². The monoisotopic (exact) mass is 181 g/mol. The van der Waals surface area contributed by atoms with Crippen LogP contribution in [0.5, 0.6) is 0 Å². The van der Waals surface area contributed by atoms with Gasteiger partial charge in [0.25, 0.3) is 0 Å². The normalized spacial score (nSPS) is 19.2. The van der Waals surface area contributed by atoms with Gasteiger partial charge in [-0.05, 0) is 37.0 Å². The molecule has 1 nitrogen and oxygen atoms in total. The molecule has 1 saturated carbocycles. The van der Waals surface area contributed by atoms with Gasteiger partial charge in [0.05, 0.1) is 0 Å². The zero-order chi connectivity index (χ0) is 8.60. The van der Waals surface area contributed by atoms with Crippen molar-refractivity contribution in [3.8, 4) is 0 Å². The molecule has 1 aliphatic rings. The molecule has 0 aliphatic heterocycles. The van der Waals surface area contributed by atoms with E-state index in [1.807, 2.05) is 12.1 Å². The van der Waals surface area contributed by atoms with Crippen molar-refractivity contribution in [2.24, 2.45) is 5.73 Å². The molecule has 0 saturated heterocycles. The van der Waals surface area contributed by atoms with Crippen LogP contribution >= 0.6 is 11.6 Å². The Hall–Kier alpha value is -0.530. The van der Waals surface area contributed by atoms with Gasteiger partial charge in [-0.15, -0.1) is 0 Å². The lowest BCUT2D eigenvalue weighted by atomic mass is 10.1. The Morgan fingerprint density at radius 1 is 1.25 bits per heavy atom. The number of nitrogens with two attached hydrogens (primary N) is 1. The fourth-order valence-electron chi connectivity index (χ4n) is 1.35. The zero-order valence-corrected chi connectivity index (χ0v) is 7.64. The lowest BCUT2D eigenvalue weighted by molar-refractivity contribution is 0.672.